The average molecular weight is 280 g/mol. The molecule has 0 amide bonds. The zero-order valence-electron chi connectivity index (χ0n) is 10.1. The SMILES string of the molecule is CN(CC(=O)c1ccc(Cl)s1)Cc1ccccc1. The summed E-state index contributed by atoms with van der Waals surface area (Å²) in [5, 5.41) is 0. The third kappa shape index (κ3) is 3.67. The van der Waals surface area contributed by atoms with Crippen LogP contribution in [-0.2, 0) is 6.54 Å². The zero-order valence-corrected chi connectivity index (χ0v) is 11.7. The maximum Gasteiger partial charge on any atom is 0.186 e. The van der Waals surface area contributed by atoms with Crippen LogP contribution in [0.3, 0.4) is 0 Å². The van der Waals surface area contributed by atoms with Gasteiger partial charge >= 0.3 is 0 Å². The molecule has 2 rings (SSSR count). The van der Waals surface area contributed by atoms with Gasteiger partial charge in [0.1, 0.15) is 0 Å². The normalized spacial score (nSPS) is 10.8. The number of thiophene rings is 1. The van der Waals surface area contributed by atoms with Gasteiger partial charge in [0, 0.05) is 6.54 Å². The summed E-state index contributed by atoms with van der Waals surface area (Å²) in [5.41, 5.74) is 1.21. The molecule has 1 aromatic carbocycles. The fourth-order valence-corrected chi connectivity index (χ4v) is 2.71. The van der Waals surface area contributed by atoms with E-state index in [9.17, 15) is 4.79 Å². The lowest BCUT2D eigenvalue weighted by Crippen LogP contribution is -2.25. The molecule has 0 aliphatic rings. The lowest BCUT2D eigenvalue weighted by atomic mass is 10.2. The number of halogens is 1. The van der Waals surface area contributed by atoms with Gasteiger partial charge in [-0.15, -0.1) is 11.3 Å². The number of hydrogen-bond acceptors (Lipinski definition) is 3. The van der Waals surface area contributed by atoms with Gasteiger partial charge < -0.3 is 0 Å². The first-order chi connectivity index (χ1) is 8.65. The Hall–Kier alpha value is -1.16. The first-order valence-electron chi connectivity index (χ1n) is 5.66. The Morgan fingerprint density at radius 1 is 1.22 bits per heavy atom. The van der Waals surface area contributed by atoms with Crippen LogP contribution in [-0.4, -0.2) is 24.3 Å². The van der Waals surface area contributed by atoms with Gasteiger partial charge in [0.2, 0.25) is 0 Å². The third-order valence-corrected chi connectivity index (χ3v) is 3.83. The summed E-state index contributed by atoms with van der Waals surface area (Å²) in [7, 11) is 1.94. The van der Waals surface area contributed by atoms with E-state index in [0.717, 1.165) is 11.4 Å². The van der Waals surface area contributed by atoms with Crippen LogP contribution in [0.5, 0.6) is 0 Å². The molecule has 0 aliphatic carbocycles. The van der Waals surface area contributed by atoms with E-state index in [4.69, 9.17) is 11.6 Å². The number of carbonyl (C=O) groups excluding carboxylic acids is 1. The predicted octanol–water partition coefficient (Wildman–Crippen LogP) is 3.72. The summed E-state index contributed by atoms with van der Waals surface area (Å²) >= 11 is 7.16. The van der Waals surface area contributed by atoms with Crippen molar-refractivity contribution in [2.75, 3.05) is 13.6 Å². The minimum absolute atomic E-state index is 0.116. The highest BCUT2D eigenvalue weighted by Gasteiger charge is 2.11. The quantitative estimate of drug-likeness (QED) is 0.778. The second-order valence-corrected chi connectivity index (χ2v) is 5.90. The van der Waals surface area contributed by atoms with E-state index in [1.165, 1.54) is 16.9 Å². The Labute approximate surface area is 116 Å². The summed E-state index contributed by atoms with van der Waals surface area (Å²) in [6.45, 7) is 1.18. The smallest absolute Gasteiger partial charge is 0.186 e. The molecule has 0 spiro atoms. The van der Waals surface area contributed by atoms with Crippen molar-refractivity contribution in [1.82, 2.24) is 4.90 Å². The van der Waals surface area contributed by atoms with Crippen LogP contribution < -0.4 is 0 Å². The molecule has 0 aliphatic heterocycles. The third-order valence-electron chi connectivity index (χ3n) is 2.56. The van der Waals surface area contributed by atoms with E-state index in [-0.39, 0.29) is 5.78 Å². The standard InChI is InChI=1S/C14H14ClNOS/c1-16(9-11-5-3-2-4-6-11)10-12(17)13-7-8-14(15)18-13/h2-8H,9-10H2,1H3. The number of nitrogens with zero attached hydrogens (tertiary/aromatic N) is 1. The monoisotopic (exact) mass is 279 g/mol. The highest BCUT2D eigenvalue weighted by molar-refractivity contribution is 7.18. The van der Waals surface area contributed by atoms with Crippen LogP contribution in [0.1, 0.15) is 15.2 Å². The summed E-state index contributed by atoms with van der Waals surface area (Å²) in [4.78, 5) is 14.7. The molecule has 0 saturated heterocycles. The molecule has 1 heterocycles. The van der Waals surface area contributed by atoms with Gasteiger partial charge in [-0.05, 0) is 24.7 Å². The van der Waals surface area contributed by atoms with Crippen LogP contribution in [0.4, 0.5) is 0 Å². The first-order valence-corrected chi connectivity index (χ1v) is 6.85. The first kappa shape index (κ1) is 13.3. The number of hydrogen-bond donors (Lipinski definition) is 0. The van der Waals surface area contributed by atoms with Gasteiger partial charge in [0.15, 0.2) is 5.78 Å². The van der Waals surface area contributed by atoms with Gasteiger partial charge in [-0.25, -0.2) is 0 Å². The Morgan fingerprint density at radius 3 is 2.56 bits per heavy atom. The van der Waals surface area contributed by atoms with Gasteiger partial charge in [0.25, 0.3) is 0 Å². The average Bonchev–Trinajstić information content (AvgIpc) is 2.77. The van der Waals surface area contributed by atoms with Crippen molar-refractivity contribution in [3.63, 3.8) is 0 Å². The molecule has 0 N–H and O–H groups in total. The minimum Gasteiger partial charge on any atom is -0.295 e. The lowest BCUT2D eigenvalue weighted by molar-refractivity contribution is 0.0947. The van der Waals surface area contributed by atoms with E-state index in [2.05, 4.69) is 12.1 Å². The molecule has 0 atom stereocenters. The molecular weight excluding hydrogens is 266 g/mol. The molecule has 0 radical (unpaired) electrons. The molecule has 0 bridgehead atoms. The number of likely N-dealkylation sites (N-methyl/N-ethyl adjacent to an activating group) is 1. The molecule has 0 unspecified atom stereocenters. The zero-order chi connectivity index (χ0) is 13.0. The van der Waals surface area contributed by atoms with Gasteiger partial charge in [-0.2, -0.15) is 0 Å². The number of carbonyl (C=O) groups is 1. The lowest BCUT2D eigenvalue weighted by Gasteiger charge is -2.15. The van der Waals surface area contributed by atoms with Crippen molar-refractivity contribution in [2.45, 2.75) is 6.54 Å². The van der Waals surface area contributed by atoms with E-state index >= 15 is 0 Å². The fourth-order valence-electron chi connectivity index (χ4n) is 1.74. The van der Waals surface area contributed by atoms with Crippen molar-refractivity contribution < 1.29 is 4.79 Å². The van der Waals surface area contributed by atoms with Gasteiger partial charge in [0.05, 0.1) is 15.8 Å². The van der Waals surface area contributed by atoms with E-state index < -0.39 is 0 Å². The molecule has 94 valence electrons. The van der Waals surface area contributed by atoms with Crippen LogP contribution in [0.25, 0.3) is 0 Å². The largest absolute Gasteiger partial charge is 0.295 e. The van der Waals surface area contributed by atoms with Crippen LogP contribution in [0.2, 0.25) is 4.34 Å². The minimum atomic E-state index is 0.116. The predicted molar refractivity (Wildman–Crippen MR) is 76.4 cm³/mol. The molecule has 0 saturated carbocycles. The van der Waals surface area contributed by atoms with Gasteiger partial charge in [-0.3, -0.25) is 9.69 Å². The highest BCUT2D eigenvalue weighted by atomic mass is 35.5. The Morgan fingerprint density at radius 2 is 1.94 bits per heavy atom. The molecule has 2 aromatic rings. The Bertz CT molecular complexity index is 524. The summed E-state index contributed by atoms with van der Waals surface area (Å²) in [5.74, 6) is 0.116. The molecule has 2 nitrogen and oxygen atoms in total. The van der Waals surface area contributed by atoms with Crippen molar-refractivity contribution in [3.05, 3.63) is 57.2 Å². The number of ketones is 1. The fraction of sp³-hybridized carbons (Fsp3) is 0.214. The Kier molecular flexibility index (Phi) is 4.53. The number of benzene rings is 1. The highest BCUT2D eigenvalue weighted by Crippen LogP contribution is 2.22. The summed E-state index contributed by atoms with van der Waals surface area (Å²) in [6.07, 6.45) is 0. The summed E-state index contributed by atoms with van der Waals surface area (Å²) in [6, 6.07) is 13.7. The summed E-state index contributed by atoms with van der Waals surface area (Å²) < 4.78 is 0.657. The van der Waals surface area contributed by atoms with E-state index in [0.29, 0.717) is 10.9 Å². The maximum atomic E-state index is 12.0. The molecule has 4 heteroatoms. The topological polar surface area (TPSA) is 20.3 Å². The van der Waals surface area contributed by atoms with Gasteiger partial charge in [-0.1, -0.05) is 41.9 Å². The van der Waals surface area contributed by atoms with Crippen molar-refractivity contribution >= 4 is 28.7 Å². The number of rotatable bonds is 5. The van der Waals surface area contributed by atoms with Crippen molar-refractivity contribution in [3.8, 4) is 0 Å². The maximum absolute atomic E-state index is 12.0. The van der Waals surface area contributed by atoms with E-state index in [1.807, 2.05) is 30.1 Å². The van der Waals surface area contributed by atoms with Crippen LogP contribution >= 0.6 is 22.9 Å². The molecule has 0 fully saturated rings. The molecule has 1 aromatic heterocycles. The van der Waals surface area contributed by atoms with Crippen molar-refractivity contribution in [2.24, 2.45) is 0 Å². The number of Topliss-reactive ketones (excluding diaryl/α,β-unsaturated/α-hetero) is 1. The van der Waals surface area contributed by atoms with Crippen LogP contribution in [0.15, 0.2) is 42.5 Å². The van der Waals surface area contributed by atoms with E-state index in [1.54, 1.807) is 12.1 Å². The Balaban J connectivity index is 1.92. The second-order valence-electron chi connectivity index (χ2n) is 4.18. The van der Waals surface area contributed by atoms with Crippen molar-refractivity contribution in [1.29, 1.82) is 0 Å². The molecular formula is C14H14ClNOS. The second kappa shape index (κ2) is 6.14. The molecule has 18 heavy (non-hydrogen) atoms. The van der Waals surface area contributed by atoms with Crippen LogP contribution in [0, 0.1) is 0 Å².